The average Bonchev–Trinajstić information content (AvgIpc) is 2.88. The van der Waals surface area contributed by atoms with Gasteiger partial charge in [-0.1, -0.05) is 23.7 Å². The van der Waals surface area contributed by atoms with Crippen LogP contribution in [0.4, 0.5) is 0 Å². The SMILES string of the molecule is CCNC(=NCC1CCCN1C)N(C)Cc1cccc(Cl)c1.I. The summed E-state index contributed by atoms with van der Waals surface area (Å²) in [5.74, 6) is 0.961. The Hall–Kier alpha value is -0.530. The number of likely N-dealkylation sites (tertiary alicyclic amines) is 1. The largest absolute Gasteiger partial charge is 0.357 e. The van der Waals surface area contributed by atoms with Crippen LogP contribution in [0, 0.1) is 0 Å². The van der Waals surface area contributed by atoms with E-state index in [1.54, 1.807) is 0 Å². The zero-order valence-electron chi connectivity index (χ0n) is 14.3. The lowest BCUT2D eigenvalue weighted by Crippen LogP contribution is -2.39. The zero-order valence-corrected chi connectivity index (χ0v) is 17.3. The minimum absolute atomic E-state index is 0. The highest BCUT2D eigenvalue weighted by atomic mass is 127. The Balaban J connectivity index is 0.00000264. The summed E-state index contributed by atoms with van der Waals surface area (Å²) in [6.45, 7) is 5.82. The van der Waals surface area contributed by atoms with Crippen molar-refractivity contribution in [3.05, 3.63) is 34.9 Å². The molecular weight excluding hydrogens is 423 g/mol. The first-order valence-corrected chi connectivity index (χ1v) is 8.42. The highest BCUT2D eigenvalue weighted by Crippen LogP contribution is 2.15. The molecule has 1 aromatic rings. The molecule has 1 unspecified atom stereocenters. The first kappa shape index (κ1) is 20.5. The maximum absolute atomic E-state index is 6.06. The molecule has 23 heavy (non-hydrogen) atoms. The molecule has 1 atom stereocenters. The number of rotatable bonds is 5. The van der Waals surface area contributed by atoms with Crippen LogP contribution in [0.1, 0.15) is 25.3 Å². The molecule has 1 heterocycles. The molecule has 130 valence electrons. The van der Waals surface area contributed by atoms with Crippen LogP contribution in [0.5, 0.6) is 0 Å². The quantitative estimate of drug-likeness (QED) is 0.423. The van der Waals surface area contributed by atoms with Crippen molar-refractivity contribution in [1.29, 1.82) is 0 Å². The van der Waals surface area contributed by atoms with Crippen LogP contribution in [-0.4, -0.2) is 55.5 Å². The van der Waals surface area contributed by atoms with Crippen molar-refractivity contribution in [3.8, 4) is 0 Å². The summed E-state index contributed by atoms with van der Waals surface area (Å²) in [7, 11) is 4.26. The standard InChI is InChI=1S/C17H27ClN4.HI/c1-4-19-17(20-12-16-9-6-10-21(16)2)22(3)13-14-7-5-8-15(18)11-14;/h5,7-8,11,16H,4,6,9-10,12-13H2,1-3H3,(H,19,20);1H. The van der Waals surface area contributed by atoms with Crippen LogP contribution in [0.15, 0.2) is 29.3 Å². The summed E-state index contributed by atoms with van der Waals surface area (Å²) >= 11 is 6.06. The van der Waals surface area contributed by atoms with Crippen LogP contribution in [-0.2, 0) is 6.54 Å². The topological polar surface area (TPSA) is 30.9 Å². The molecule has 1 aliphatic heterocycles. The predicted octanol–water partition coefficient (Wildman–Crippen LogP) is 3.45. The first-order valence-electron chi connectivity index (χ1n) is 8.04. The Labute approximate surface area is 162 Å². The van der Waals surface area contributed by atoms with E-state index in [-0.39, 0.29) is 24.0 Å². The number of nitrogens with zero attached hydrogens (tertiary/aromatic N) is 3. The van der Waals surface area contributed by atoms with E-state index >= 15 is 0 Å². The Morgan fingerprint density at radius 1 is 1.48 bits per heavy atom. The number of nitrogens with one attached hydrogen (secondary N) is 1. The van der Waals surface area contributed by atoms with Crippen molar-refractivity contribution < 1.29 is 0 Å². The van der Waals surface area contributed by atoms with Gasteiger partial charge in [-0.2, -0.15) is 0 Å². The third-order valence-electron chi connectivity index (χ3n) is 4.13. The summed E-state index contributed by atoms with van der Waals surface area (Å²) in [6.07, 6.45) is 2.53. The number of halogens is 2. The molecule has 0 aliphatic carbocycles. The first-order chi connectivity index (χ1) is 10.6. The Kier molecular flexibility index (Phi) is 9.24. The number of aliphatic imine (C=N–C) groups is 1. The van der Waals surface area contributed by atoms with Gasteiger partial charge in [0.1, 0.15) is 0 Å². The van der Waals surface area contributed by atoms with Gasteiger partial charge >= 0.3 is 0 Å². The lowest BCUT2D eigenvalue weighted by atomic mass is 10.2. The van der Waals surface area contributed by atoms with Gasteiger partial charge in [-0.3, -0.25) is 4.99 Å². The highest BCUT2D eigenvalue weighted by molar-refractivity contribution is 14.0. The predicted molar refractivity (Wildman–Crippen MR) is 110 cm³/mol. The third-order valence-corrected chi connectivity index (χ3v) is 4.36. The Morgan fingerprint density at radius 3 is 2.87 bits per heavy atom. The summed E-state index contributed by atoms with van der Waals surface area (Å²) in [5.41, 5.74) is 1.19. The van der Waals surface area contributed by atoms with E-state index in [4.69, 9.17) is 16.6 Å². The van der Waals surface area contributed by atoms with Gasteiger partial charge in [-0.05, 0) is 51.1 Å². The summed E-state index contributed by atoms with van der Waals surface area (Å²) in [6, 6.07) is 8.57. The van der Waals surface area contributed by atoms with Crippen molar-refractivity contribution in [2.24, 2.45) is 4.99 Å². The van der Waals surface area contributed by atoms with Gasteiger partial charge in [0.15, 0.2) is 5.96 Å². The van der Waals surface area contributed by atoms with Crippen molar-refractivity contribution in [1.82, 2.24) is 15.1 Å². The number of likely N-dealkylation sites (N-methyl/N-ethyl adjacent to an activating group) is 1. The van der Waals surface area contributed by atoms with Crippen molar-refractivity contribution in [3.63, 3.8) is 0 Å². The molecule has 0 amide bonds. The maximum atomic E-state index is 6.06. The van der Waals surface area contributed by atoms with Crippen molar-refractivity contribution >= 4 is 41.5 Å². The molecule has 2 rings (SSSR count). The molecule has 0 spiro atoms. The van der Waals surface area contributed by atoms with E-state index in [1.165, 1.54) is 24.9 Å². The number of hydrogen-bond donors (Lipinski definition) is 1. The van der Waals surface area contributed by atoms with E-state index in [0.29, 0.717) is 6.04 Å². The van der Waals surface area contributed by atoms with Gasteiger partial charge in [-0.25, -0.2) is 0 Å². The highest BCUT2D eigenvalue weighted by Gasteiger charge is 2.20. The molecule has 1 saturated heterocycles. The second-order valence-corrected chi connectivity index (χ2v) is 6.39. The second kappa shape index (κ2) is 10.4. The molecule has 1 aliphatic rings. The molecule has 0 aromatic heterocycles. The molecule has 6 heteroatoms. The van der Waals surface area contributed by atoms with Gasteiger partial charge in [0.25, 0.3) is 0 Å². The Morgan fingerprint density at radius 2 is 2.26 bits per heavy atom. The number of guanidine groups is 1. The molecule has 0 saturated carbocycles. The summed E-state index contributed by atoms with van der Waals surface area (Å²) in [5, 5.41) is 4.16. The third kappa shape index (κ3) is 6.47. The van der Waals surface area contributed by atoms with Crippen LogP contribution < -0.4 is 5.32 Å². The van der Waals surface area contributed by atoms with Crippen molar-refractivity contribution in [2.75, 3.05) is 33.7 Å². The number of benzene rings is 1. The smallest absolute Gasteiger partial charge is 0.194 e. The van der Waals surface area contributed by atoms with Crippen LogP contribution in [0.3, 0.4) is 0 Å². The van der Waals surface area contributed by atoms with E-state index in [9.17, 15) is 0 Å². The van der Waals surface area contributed by atoms with Crippen molar-refractivity contribution in [2.45, 2.75) is 32.4 Å². The lowest BCUT2D eigenvalue weighted by molar-refractivity contribution is 0.316. The molecule has 0 bridgehead atoms. The van der Waals surface area contributed by atoms with E-state index in [0.717, 1.165) is 30.6 Å². The van der Waals surface area contributed by atoms with Crippen LogP contribution in [0.2, 0.25) is 5.02 Å². The fourth-order valence-electron chi connectivity index (χ4n) is 2.86. The minimum Gasteiger partial charge on any atom is -0.357 e. The zero-order chi connectivity index (χ0) is 15.9. The number of hydrogen-bond acceptors (Lipinski definition) is 2. The lowest BCUT2D eigenvalue weighted by Gasteiger charge is -2.24. The molecule has 1 fully saturated rings. The van der Waals surface area contributed by atoms with Gasteiger partial charge in [-0.15, -0.1) is 24.0 Å². The normalized spacial score (nSPS) is 18.6. The second-order valence-electron chi connectivity index (χ2n) is 5.96. The monoisotopic (exact) mass is 450 g/mol. The van der Waals surface area contributed by atoms with Gasteiger partial charge in [0, 0.05) is 31.2 Å². The molecular formula is C17H28ClIN4. The average molecular weight is 451 g/mol. The Bertz CT molecular complexity index is 509. The molecule has 0 radical (unpaired) electrons. The molecule has 4 nitrogen and oxygen atoms in total. The fraction of sp³-hybridized carbons (Fsp3) is 0.588. The maximum Gasteiger partial charge on any atom is 0.194 e. The van der Waals surface area contributed by atoms with E-state index in [2.05, 4.69) is 42.2 Å². The summed E-state index contributed by atoms with van der Waals surface area (Å²) in [4.78, 5) is 9.38. The molecule has 1 N–H and O–H groups in total. The van der Waals surface area contributed by atoms with Gasteiger partial charge in [0.05, 0.1) is 6.54 Å². The summed E-state index contributed by atoms with van der Waals surface area (Å²) < 4.78 is 0. The van der Waals surface area contributed by atoms with E-state index in [1.807, 2.05) is 18.2 Å². The van der Waals surface area contributed by atoms with E-state index < -0.39 is 0 Å². The van der Waals surface area contributed by atoms with Crippen LogP contribution >= 0.6 is 35.6 Å². The minimum atomic E-state index is 0. The van der Waals surface area contributed by atoms with Gasteiger partial charge in [0.2, 0.25) is 0 Å². The van der Waals surface area contributed by atoms with Crippen LogP contribution in [0.25, 0.3) is 0 Å². The fourth-order valence-corrected chi connectivity index (χ4v) is 3.07. The molecule has 1 aromatic carbocycles. The van der Waals surface area contributed by atoms with Gasteiger partial charge < -0.3 is 15.1 Å².